The summed E-state index contributed by atoms with van der Waals surface area (Å²) < 4.78 is 0. The monoisotopic (exact) mass is 293 g/mol. The Hall–Kier alpha value is -1.51. The Kier molecular flexibility index (Phi) is 4.46. The van der Waals surface area contributed by atoms with Gasteiger partial charge < -0.3 is 5.32 Å². The highest BCUT2D eigenvalue weighted by atomic mass is 35.5. The van der Waals surface area contributed by atoms with Crippen molar-refractivity contribution in [1.29, 1.82) is 0 Å². The average molecular weight is 294 g/mol. The van der Waals surface area contributed by atoms with E-state index in [4.69, 9.17) is 23.2 Å². The summed E-state index contributed by atoms with van der Waals surface area (Å²) >= 11 is 12.0. The number of halogens is 2. The fourth-order valence-corrected chi connectivity index (χ4v) is 2.03. The average Bonchev–Trinajstić information content (AvgIpc) is 2.40. The topological polar surface area (TPSA) is 29.1 Å². The maximum absolute atomic E-state index is 12.0. The van der Waals surface area contributed by atoms with E-state index in [1.165, 1.54) is 0 Å². The first-order valence-electron chi connectivity index (χ1n) is 5.85. The molecule has 0 spiro atoms. The van der Waals surface area contributed by atoms with Gasteiger partial charge in [0.2, 0.25) is 0 Å². The van der Waals surface area contributed by atoms with Crippen LogP contribution in [0.2, 0.25) is 10.0 Å². The largest absolute Gasteiger partial charge is 0.348 e. The molecule has 2 nitrogen and oxygen atoms in total. The number of aryl methyl sites for hydroxylation is 1. The van der Waals surface area contributed by atoms with E-state index in [1.807, 2.05) is 25.1 Å². The van der Waals surface area contributed by atoms with Crippen molar-refractivity contribution in [1.82, 2.24) is 5.32 Å². The van der Waals surface area contributed by atoms with Gasteiger partial charge >= 0.3 is 0 Å². The molecular formula is C15H13Cl2NO. The van der Waals surface area contributed by atoms with Crippen molar-refractivity contribution in [2.45, 2.75) is 13.5 Å². The van der Waals surface area contributed by atoms with Crippen LogP contribution in [0, 0.1) is 6.92 Å². The van der Waals surface area contributed by atoms with Crippen LogP contribution in [-0.4, -0.2) is 5.91 Å². The van der Waals surface area contributed by atoms with E-state index < -0.39 is 0 Å². The number of carbonyl (C=O) groups is 1. The molecular weight excluding hydrogens is 281 g/mol. The number of rotatable bonds is 3. The molecule has 2 rings (SSSR count). The maximum Gasteiger partial charge on any atom is 0.251 e. The third kappa shape index (κ3) is 3.49. The normalized spacial score (nSPS) is 10.3. The van der Waals surface area contributed by atoms with Crippen molar-refractivity contribution in [2.24, 2.45) is 0 Å². The second-order valence-corrected chi connectivity index (χ2v) is 5.05. The summed E-state index contributed by atoms with van der Waals surface area (Å²) in [4.78, 5) is 12.0. The zero-order valence-electron chi connectivity index (χ0n) is 10.4. The quantitative estimate of drug-likeness (QED) is 0.901. The second-order valence-electron chi connectivity index (χ2n) is 4.24. The maximum atomic E-state index is 12.0. The predicted molar refractivity (Wildman–Crippen MR) is 78.8 cm³/mol. The number of amides is 1. The zero-order chi connectivity index (χ0) is 13.8. The lowest BCUT2D eigenvalue weighted by Gasteiger charge is -2.08. The standard InChI is InChI=1S/C15H13Cl2NO/c1-10-8-11(6-7-13(10)16)15(19)18-9-12-4-2-3-5-14(12)17/h2-8H,9H2,1H3,(H,18,19). The Bertz CT molecular complexity index is 611. The van der Waals surface area contributed by atoms with Crippen LogP contribution in [0.4, 0.5) is 0 Å². The van der Waals surface area contributed by atoms with Gasteiger partial charge in [0.1, 0.15) is 0 Å². The van der Waals surface area contributed by atoms with Gasteiger partial charge in [-0.2, -0.15) is 0 Å². The van der Waals surface area contributed by atoms with E-state index in [9.17, 15) is 4.79 Å². The van der Waals surface area contributed by atoms with Gasteiger partial charge in [-0.05, 0) is 42.3 Å². The van der Waals surface area contributed by atoms with Crippen molar-refractivity contribution in [2.75, 3.05) is 0 Å². The molecule has 0 unspecified atom stereocenters. The van der Waals surface area contributed by atoms with Gasteiger partial charge in [-0.1, -0.05) is 41.4 Å². The summed E-state index contributed by atoms with van der Waals surface area (Å²) in [6.07, 6.45) is 0. The molecule has 98 valence electrons. The Morgan fingerprint density at radius 1 is 1.11 bits per heavy atom. The number of nitrogens with one attached hydrogen (secondary N) is 1. The van der Waals surface area contributed by atoms with E-state index in [0.717, 1.165) is 11.1 Å². The Morgan fingerprint density at radius 2 is 1.84 bits per heavy atom. The molecule has 0 radical (unpaired) electrons. The van der Waals surface area contributed by atoms with E-state index in [0.29, 0.717) is 22.2 Å². The van der Waals surface area contributed by atoms with Crippen LogP contribution in [0.3, 0.4) is 0 Å². The molecule has 0 fully saturated rings. The number of benzene rings is 2. The lowest BCUT2D eigenvalue weighted by molar-refractivity contribution is 0.0951. The zero-order valence-corrected chi connectivity index (χ0v) is 11.9. The SMILES string of the molecule is Cc1cc(C(=O)NCc2ccccc2Cl)ccc1Cl. The summed E-state index contributed by atoms with van der Waals surface area (Å²) in [6.45, 7) is 2.27. The molecule has 1 N–H and O–H groups in total. The summed E-state index contributed by atoms with van der Waals surface area (Å²) in [7, 11) is 0. The molecule has 0 atom stereocenters. The van der Waals surface area contributed by atoms with Crippen molar-refractivity contribution in [3.05, 3.63) is 69.2 Å². The highest BCUT2D eigenvalue weighted by molar-refractivity contribution is 6.31. The summed E-state index contributed by atoms with van der Waals surface area (Å²) in [5.41, 5.74) is 2.37. The van der Waals surface area contributed by atoms with Gasteiger partial charge in [0.15, 0.2) is 0 Å². The van der Waals surface area contributed by atoms with Gasteiger partial charge in [0, 0.05) is 22.2 Å². The molecule has 2 aromatic carbocycles. The second kappa shape index (κ2) is 6.09. The van der Waals surface area contributed by atoms with Crippen LogP contribution in [0.15, 0.2) is 42.5 Å². The van der Waals surface area contributed by atoms with E-state index in [-0.39, 0.29) is 5.91 Å². The van der Waals surface area contributed by atoms with Crippen LogP contribution < -0.4 is 5.32 Å². The van der Waals surface area contributed by atoms with Gasteiger partial charge in [-0.25, -0.2) is 0 Å². The predicted octanol–water partition coefficient (Wildman–Crippen LogP) is 4.23. The van der Waals surface area contributed by atoms with Gasteiger partial charge in [0.05, 0.1) is 0 Å². The summed E-state index contributed by atoms with van der Waals surface area (Å²) in [5.74, 6) is -0.139. The minimum atomic E-state index is -0.139. The molecule has 19 heavy (non-hydrogen) atoms. The molecule has 0 aliphatic carbocycles. The van der Waals surface area contributed by atoms with Crippen LogP contribution >= 0.6 is 23.2 Å². The van der Waals surface area contributed by atoms with Crippen LogP contribution in [0.1, 0.15) is 21.5 Å². The lowest BCUT2D eigenvalue weighted by atomic mass is 10.1. The Morgan fingerprint density at radius 3 is 2.53 bits per heavy atom. The third-order valence-corrected chi connectivity index (χ3v) is 3.61. The van der Waals surface area contributed by atoms with E-state index in [2.05, 4.69) is 5.32 Å². The first kappa shape index (κ1) is 13.9. The van der Waals surface area contributed by atoms with Crippen molar-refractivity contribution in [3.8, 4) is 0 Å². The molecule has 0 aliphatic heterocycles. The highest BCUT2D eigenvalue weighted by Crippen LogP contribution is 2.17. The summed E-state index contributed by atoms with van der Waals surface area (Å²) in [6, 6.07) is 12.6. The minimum absolute atomic E-state index is 0.139. The molecule has 0 aromatic heterocycles. The minimum Gasteiger partial charge on any atom is -0.348 e. The van der Waals surface area contributed by atoms with Gasteiger partial charge in [0.25, 0.3) is 5.91 Å². The van der Waals surface area contributed by atoms with E-state index in [1.54, 1.807) is 24.3 Å². The van der Waals surface area contributed by atoms with Crippen LogP contribution in [0.25, 0.3) is 0 Å². The van der Waals surface area contributed by atoms with Crippen molar-refractivity contribution >= 4 is 29.1 Å². The third-order valence-electron chi connectivity index (χ3n) is 2.82. The smallest absolute Gasteiger partial charge is 0.251 e. The van der Waals surface area contributed by atoms with Crippen molar-refractivity contribution < 1.29 is 4.79 Å². The highest BCUT2D eigenvalue weighted by Gasteiger charge is 2.07. The molecule has 0 heterocycles. The summed E-state index contributed by atoms with van der Waals surface area (Å²) in [5, 5.41) is 4.14. The molecule has 4 heteroatoms. The number of hydrogen-bond donors (Lipinski definition) is 1. The van der Waals surface area contributed by atoms with Gasteiger partial charge in [-0.15, -0.1) is 0 Å². The van der Waals surface area contributed by atoms with Crippen LogP contribution in [0.5, 0.6) is 0 Å². The molecule has 0 aliphatic rings. The van der Waals surface area contributed by atoms with Crippen LogP contribution in [-0.2, 0) is 6.54 Å². The molecule has 1 amide bonds. The van der Waals surface area contributed by atoms with Crippen molar-refractivity contribution in [3.63, 3.8) is 0 Å². The fraction of sp³-hybridized carbons (Fsp3) is 0.133. The molecule has 0 saturated carbocycles. The number of hydrogen-bond acceptors (Lipinski definition) is 1. The van der Waals surface area contributed by atoms with Gasteiger partial charge in [-0.3, -0.25) is 4.79 Å². The first-order chi connectivity index (χ1) is 9.08. The number of carbonyl (C=O) groups excluding carboxylic acids is 1. The van der Waals surface area contributed by atoms with E-state index >= 15 is 0 Å². The molecule has 0 bridgehead atoms. The fourth-order valence-electron chi connectivity index (χ4n) is 1.71. The Labute approximate surface area is 122 Å². The Balaban J connectivity index is 2.05. The lowest BCUT2D eigenvalue weighted by Crippen LogP contribution is -2.23. The first-order valence-corrected chi connectivity index (χ1v) is 6.61. The molecule has 0 saturated heterocycles. The molecule has 2 aromatic rings.